The van der Waals surface area contributed by atoms with Gasteiger partial charge in [-0.1, -0.05) is 78.7 Å². The molecule has 0 aliphatic rings. The lowest BCUT2D eigenvalue weighted by Gasteiger charge is -2.33. The van der Waals surface area contributed by atoms with Crippen LogP contribution in [0.5, 0.6) is 0 Å². The van der Waals surface area contributed by atoms with Crippen molar-refractivity contribution in [3.8, 4) is 22.3 Å². The molecule has 3 aromatic carbocycles. The zero-order chi connectivity index (χ0) is 25.0. The van der Waals surface area contributed by atoms with Gasteiger partial charge in [-0.05, 0) is 67.0 Å². The van der Waals surface area contributed by atoms with Crippen molar-refractivity contribution in [3.05, 3.63) is 83.9 Å². The van der Waals surface area contributed by atoms with Gasteiger partial charge in [-0.2, -0.15) is 13.2 Å². The fraction of sp³-hybridized carbons (Fsp3) is 0.400. The molecular weight excluding hydrogens is 431 g/mol. The third-order valence-electron chi connectivity index (χ3n) is 6.73. The molecule has 182 valence electrons. The number of rotatable bonds is 9. The van der Waals surface area contributed by atoms with E-state index in [0.29, 0.717) is 12.0 Å². The van der Waals surface area contributed by atoms with Gasteiger partial charge in [0.25, 0.3) is 0 Å². The van der Waals surface area contributed by atoms with Crippen molar-refractivity contribution < 1.29 is 17.7 Å². The summed E-state index contributed by atoms with van der Waals surface area (Å²) in [6.45, 7) is 4.38. The number of hydrogen-bond acceptors (Lipinski definition) is 0. The average Bonchev–Trinajstić information content (AvgIpc) is 2.78. The van der Waals surface area contributed by atoms with Crippen LogP contribution in [0.1, 0.15) is 43.7 Å². The second-order valence-corrected chi connectivity index (χ2v) is 10.7. The summed E-state index contributed by atoms with van der Waals surface area (Å²) in [6, 6.07) is 23.5. The molecule has 0 amide bonds. The molecule has 4 heteroatoms. The van der Waals surface area contributed by atoms with E-state index in [0.717, 1.165) is 46.1 Å². The maximum absolute atomic E-state index is 14.2. The third-order valence-corrected chi connectivity index (χ3v) is 6.73. The highest BCUT2D eigenvalue weighted by Gasteiger charge is 2.51. The second kappa shape index (κ2) is 10.4. The minimum Gasteiger partial charge on any atom is -0.331 e. The van der Waals surface area contributed by atoms with E-state index in [1.807, 2.05) is 24.3 Å². The van der Waals surface area contributed by atoms with Crippen LogP contribution in [-0.4, -0.2) is 38.3 Å². The number of unbranched alkanes of at least 4 members (excludes halogenated alkanes) is 2. The summed E-state index contributed by atoms with van der Waals surface area (Å²) in [4.78, 5) is 0. The Hall–Kier alpha value is -2.59. The number of aryl methyl sites for hydroxylation is 1. The summed E-state index contributed by atoms with van der Waals surface area (Å²) < 4.78 is 43.4. The molecule has 0 heterocycles. The van der Waals surface area contributed by atoms with E-state index in [1.165, 1.54) is 12.5 Å². The second-order valence-electron chi connectivity index (χ2n) is 10.7. The molecule has 0 aliphatic heterocycles. The number of nitrogens with zero attached hydrogens (tertiary/aromatic N) is 1. The van der Waals surface area contributed by atoms with Crippen LogP contribution in [0.2, 0.25) is 0 Å². The molecule has 0 N–H and O–H groups in total. The van der Waals surface area contributed by atoms with Gasteiger partial charge in [0.05, 0.1) is 33.1 Å². The van der Waals surface area contributed by atoms with Crippen molar-refractivity contribution in [3.63, 3.8) is 0 Å². The number of alkyl halides is 3. The Morgan fingerprint density at radius 3 is 1.71 bits per heavy atom. The molecule has 0 bridgehead atoms. The van der Waals surface area contributed by atoms with Crippen LogP contribution in [0, 0.1) is 6.92 Å². The van der Waals surface area contributed by atoms with Gasteiger partial charge >= 0.3 is 6.18 Å². The molecule has 1 atom stereocenters. The lowest BCUT2D eigenvalue weighted by atomic mass is 9.77. The Kier molecular flexibility index (Phi) is 7.92. The van der Waals surface area contributed by atoms with E-state index < -0.39 is 11.6 Å². The lowest BCUT2D eigenvalue weighted by Crippen LogP contribution is -2.39. The summed E-state index contributed by atoms with van der Waals surface area (Å²) in [7, 11) is 6.33. The fourth-order valence-corrected chi connectivity index (χ4v) is 4.35. The van der Waals surface area contributed by atoms with Crippen molar-refractivity contribution >= 4 is 0 Å². The number of benzene rings is 3. The molecule has 0 fully saturated rings. The predicted molar refractivity (Wildman–Crippen MR) is 137 cm³/mol. The average molecular weight is 469 g/mol. The summed E-state index contributed by atoms with van der Waals surface area (Å²) in [5.74, 6) is 0. The third kappa shape index (κ3) is 6.50. The van der Waals surface area contributed by atoms with E-state index in [2.05, 4.69) is 64.5 Å². The number of hydrogen-bond donors (Lipinski definition) is 0. The van der Waals surface area contributed by atoms with Gasteiger partial charge in [-0.25, -0.2) is 0 Å². The zero-order valence-electron chi connectivity index (χ0n) is 21.0. The first-order valence-corrected chi connectivity index (χ1v) is 12.0. The van der Waals surface area contributed by atoms with E-state index in [9.17, 15) is 13.2 Å². The van der Waals surface area contributed by atoms with Gasteiger partial charge in [-0.15, -0.1) is 0 Å². The smallest absolute Gasteiger partial charge is 0.331 e. The van der Waals surface area contributed by atoms with Crippen LogP contribution in [0.4, 0.5) is 13.2 Å². The SMILES string of the molecule is Cc1ccc(-c2cccc(-c3ccc(C(C)(CCCCC[N+](C)(C)C)C(F)(F)F)cc3)c2)cc1. The molecular formula is C30H37F3N+. The fourth-order valence-electron chi connectivity index (χ4n) is 4.35. The molecule has 0 aromatic heterocycles. The van der Waals surface area contributed by atoms with E-state index in [-0.39, 0.29) is 6.42 Å². The minimum atomic E-state index is -4.29. The number of halogens is 3. The molecule has 0 saturated carbocycles. The standard InChI is InChI=1S/C30H37F3N/c1-23-12-14-24(15-13-23)26-10-9-11-27(22-26)25-16-18-28(19-17-25)29(2,30(31,32)33)20-7-6-8-21-34(3,4)5/h9-19,22H,6-8,20-21H2,1-5H3/q+1. The molecule has 3 aromatic rings. The molecule has 34 heavy (non-hydrogen) atoms. The normalized spacial score (nSPS) is 14.1. The van der Waals surface area contributed by atoms with Crippen molar-refractivity contribution in [1.29, 1.82) is 0 Å². The highest BCUT2D eigenvalue weighted by Crippen LogP contribution is 2.45. The van der Waals surface area contributed by atoms with Gasteiger partial charge in [0, 0.05) is 0 Å². The summed E-state index contributed by atoms with van der Waals surface area (Å²) in [5.41, 5.74) is 3.84. The Morgan fingerprint density at radius 2 is 1.21 bits per heavy atom. The van der Waals surface area contributed by atoms with E-state index in [4.69, 9.17) is 0 Å². The van der Waals surface area contributed by atoms with Crippen LogP contribution in [0.15, 0.2) is 72.8 Å². The predicted octanol–water partition coefficient (Wildman–Crippen LogP) is 8.42. The van der Waals surface area contributed by atoms with Crippen molar-refractivity contribution in [1.82, 2.24) is 0 Å². The van der Waals surface area contributed by atoms with Crippen LogP contribution < -0.4 is 0 Å². The van der Waals surface area contributed by atoms with Crippen molar-refractivity contribution in [2.45, 2.75) is 51.1 Å². The van der Waals surface area contributed by atoms with Gasteiger partial charge in [0.1, 0.15) is 0 Å². The number of quaternary nitrogens is 1. The van der Waals surface area contributed by atoms with Gasteiger partial charge < -0.3 is 4.48 Å². The largest absolute Gasteiger partial charge is 0.398 e. The first-order chi connectivity index (χ1) is 15.9. The van der Waals surface area contributed by atoms with E-state index in [1.54, 1.807) is 12.1 Å². The van der Waals surface area contributed by atoms with Crippen LogP contribution in [0.3, 0.4) is 0 Å². The minimum absolute atomic E-state index is 0.107. The quantitative estimate of drug-likeness (QED) is 0.218. The van der Waals surface area contributed by atoms with E-state index >= 15 is 0 Å². The Bertz CT molecular complexity index is 1060. The first-order valence-electron chi connectivity index (χ1n) is 12.0. The van der Waals surface area contributed by atoms with Crippen LogP contribution >= 0.6 is 0 Å². The van der Waals surface area contributed by atoms with Crippen molar-refractivity contribution in [2.24, 2.45) is 0 Å². The first kappa shape index (κ1) is 26.0. The zero-order valence-corrected chi connectivity index (χ0v) is 21.0. The monoisotopic (exact) mass is 468 g/mol. The maximum Gasteiger partial charge on any atom is 0.398 e. The molecule has 1 unspecified atom stereocenters. The van der Waals surface area contributed by atoms with Gasteiger partial charge in [0.15, 0.2) is 0 Å². The maximum atomic E-state index is 14.2. The molecule has 3 rings (SSSR count). The van der Waals surface area contributed by atoms with Crippen LogP contribution in [-0.2, 0) is 5.41 Å². The Morgan fingerprint density at radius 1 is 0.676 bits per heavy atom. The Labute approximate surface area is 202 Å². The highest BCUT2D eigenvalue weighted by molar-refractivity contribution is 5.73. The Balaban J connectivity index is 1.78. The van der Waals surface area contributed by atoms with Crippen molar-refractivity contribution in [2.75, 3.05) is 27.7 Å². The molecule has 0 radical (unpaired) electrons. The summed E-state index contributed by atoms with van der Waals surface area (Å²) >= 11 is 0. The van der Waals surface area contributed by atoms with Gasteiger partial charge in [-0.3, -0.25) is 0 Å². The molecule has 0 spiro atoms. The summed E-state index contributed by atoms with van der Waals surface area (Å²) in [6.07, 6.45) is -1.87. The molecule has 0 aliphatic carbocycles. The topological polar surface area (TPSA) is 0 Å². The highest BCUT2D eigenvalue weighted by atomic mass is 19.4. The summed E-state index contributed by atoms with van der Waals surface area (Å²) in [5, 5.41) is 0. The lowest BCUT2D eigenvalue weighted by molar-refractivity contribution is -0.870. The molecule has 0 saturated heterocycles. The van der Waals surface area contributed by atoms with Gasteiger partial charge in [0.2, 0.25) is 0 Å². The van der Waals surface area contributed by atoms with Crippen LogP contribution in [0.25, 0.3) is 22.3 Å². The molecule has 1 nitrogen and oxygen atoms in total.